The van der Waals surface area contributed by atoms with E-state index < -0.39 is 0 Å². The second-order valence-corrected chi connectivity index (χ2v) is 4.50. The molecule has 0 aliphatic rings. The van der Waals surface area contributed by atoms with Gasteiger partial charge in [-0.2, -0.15) is 0 Å². The van der Waals surface area contributed by atoms with Crippen molar-refractivity contribution in [2.45, 2.75) is 13.8 Å². The van der Waals surface area contributed by atoms with Gasteiger partial charge in [0.2, 0.25) is 0 Å². The van der Waals surface area contributed by atoms with Crippen LogP contribution in [0.15, 0.2) is 17.6 Å². The predicted octanol–water partition coefficient (Wildman–Crippen LogP) is 3.55. The van der Waals surface area contributed by atoms with Crippen molar-refractivity contribution in [3.63, 3.8) is 0 Å². The minimum absolute atomic E-state index is 0.677. The summed E-state index contributed by atoms with van der Waals surface area (Å²) in [6, 6.07) is 1.90. The van der Waals surface area contributed by atoms with Gasteiger partial charge >= 0.3 is 0 Å². The number of nitrogens with one attached hydrogen (secondary N) is 1. The molecule has 2 heterocycles. The first-order valence-electron chi connectivity index (χ1n) is 4.46. The monoisotopic (exact) mass is 239 g/mol. The van der Waals surface area contributed by atoms with Gasteiger partial charge in [0.15, 0.2) is 5.13 Å². The first-order chi connectivity index (χ1) is 7.15. The molecular formula is C10H10ClN3S. The molecule has 0 unspecified atom stereocenters. The van der Waals surface area contributed by atoms with Crippen molar-refractivity contribution in [2.75, 3.05) is 5.32 Å². The molecule has 0 atom stereocenters. The second kappa shape index (κ2) is 4.16. The maximum absolute atomic E-state index is 5.88. The summed E-state index contributed by atoms with van der Waals surface area (Å²) in [6.07, 6.45) is 1.64. The first-order valence-corrected chi connectivity index (χ1v) is 5.72. The molecule has 0 aliphatic carbocycles. The molecule has 0 aromatic carbocycles. The summed E-state index contributed by atoms with van der Waals surface area (Å²) in [5.41, 5.74) is 2.01. The minimum Gasteiger partial charge on any atom is -0.316 e. The lowest BCUT2D eigenvalue weighted by molar-refractivity contribution is 1.23. The van der Waals surface area contributed by atoms with Crippen LogP contribution < -0.4 is 5.32 Å². The summed E-state index contributed by atoms with van der Waals surface area (Å²) < 4.78 is 0. The zero-order valence-corrected chi connectivity index (χ0v) is 9.99. The highest BCUT2D eigenvalue weighted by atomic mass is 35.5. The molecule has 2 aromatic heterocycles. The molecule has 0 aliphatic heterocycles. The van der Waals surface area contributed by atoms with Crippen molar-refractivity contribution < 1.29 is 0 Å². The summed E-state index contributed by atoms with van der Waals surface area (Å²) >= 11 is 7.44. The second-order valence-electron chi connectivity index (χ2n) is 3.24. The molecule has 0 fully saturated rings. The highest BCUT2D eigenvalue weighted by molar-refractivity contribution is 7.13. The molecular weight excluding hydrogens is 230 g/mol. The van der Waals surface area contributed by atoms with E-state index in [1.807, 2.05) is 25.3 Å². The number of rotatable bonds is 2. The largest absolute Gasteiger partial charge is 0.316 e. The highest BCUT2D eigenvalue weighted by Gasteiger charge is 2.02. The van der Waals surface area contributed by atoms with Crippen LogP contribution in [0.4, 0.5) is 10.9 Å². The van der Waals surface area contributed by atoms with Gasteiger partial charge in [-0.25, -0.2) is 9.97 Å². The van der Waals surface area contributed by atoms with Gasteiger partial charge in [-0.15, -0.1) is 11.3 Å². The molecule has 15 heavy (non-hydrogen) atoms. The van der Waals surface area contributed by atoms with E-state index in [-0.39, 0.29) is 0 Å². The van der Waals surface area contributed by atoms with Gasteiger partial charge in [-0.05, 0) is 25.5 Å². The molecule has 0 spiro atoms. The molecule has 3 nitrogen and oxygen atoms in total. The predicted molar refractivity (Wildman–Crippen MR) is 64.1 cm³/mol. The molecule has 2 rings (SSSR count). The van der Waals surface area contributed by atoms with Crippen LogP contribution in [-0.4, -0.2) is 9.97 Å². The SMILES string of the molecule is Cc1csc(Nc2cc(C)c(Cl)cn2)n1. The fourth-order valence-electron chi connectivity index (χ4n) is 1.13. The van der Waals surface area contributed by atoms with E-state index >= 15 is 0 Å². The third-order valence-electron chi connectivity index (χ3n) is 1.90. The van der Waals surface area contributed by atoms with Crippen LogP contribution in [0.5, 0.6) is 0 Å². The van der Waals surface area contributed by atoms with Crippen molar-refractivity contribution in [1.82, 2.24) is 9.97 Å². The number of pyridine rings is 1. The lowest BCUT2D eigenvalue weighted by atomic mass is 10.3. The normalized spacial score (nSPS) is 10.3. The Morgan fingerprint density at radius 2 is 2.20 bits per heavy atom. The summed E-state index contributed by atoms with van der Waals surface area (Å²) in [4.78, 5) is 8.46. The molecule has 0 saturated heterocycles. The maximum Gasteiger partial charge on any atom is 0.188 e. The zero-order chi connectivity index (χ0) is 10.8. The van der Waals surface area contributed by atoms with E-state index in [1.165, 1.54) is 0 Å². The Kier molecular flexibility index (Phi) is 2.88. The van der Waals surface area contributed by atoms with E-state index in [9.17, 15) is 0 Å². The van der Waals surface area contributed by atoms with Crippen LogP contribution in [0, 0.1) is 13.8 Å². The van der Waals surface area contributed by atoms with Gasteiger partial charge < -0.3 is 5.32 Å². The summed E-state index contributed by atoms with van der Waals surface area (Å²) in [5.74, 6) is 0.770. The van der Waals surface area contributed by atoms with Crippen molar-refractivity contribution in [3.05, 3.63) is 33.9 Å². The number of halogens is 1. The Morgan fingerprint density at radius 1 is 1.40 bits per heavy atom. The number of hydrogen-bond acceptors (Lipinski definition) is 4. The summed E-state index contributed by atoms with van der Waals surface area (Å²) in [6.45, 7) is 3.91. The maximum atomic E-state index is 5.88. The van der Waals surface area contributed by atoms with Gasteiger partial charge in [0, 0.05) is 11.6 Å². The first kappa shape index (κ1) is 10.4. The standard InChI is InChI=1S/C10H10ClN3S/c1-6-3-9(12-4-8(6)11)14-10-13-7(2)5-15-10/h3-5H,1-2H3,(H,12,13,14). The van der Waals surface area contributed by atoms with Gasteiger partial charge in [-0.3, -0.25) is 0 Å². The van der Waals surface area contributed by atoms with E-state index in [0.717, 1.165) is 22.2 Å². The third-order valence-corrected chi connectivity index (χ3v) is 3.17. The molecule has 0 saturated carbocycles. The Hall–Kier alpha value is -1.13. The van der Waals surface area contributed by atoms with Crippen LogP contribution >= 0.6 is 22.9 Å². The topological polar surface area (TPSA) is 37.8 Å². The molecule has 0 bridgehead atoms. The summed E-state index contributed by atoms with van der Waals surface area (Å²) in [5, 5.41) is 6.65. The van der Waals surface area contributed by atoms with E-state index in [0.29, 0.717) is 5.02 Å². The average molecular weight is 240 g/mol. The summed E-state index contributed by atoms with van der Waals surface area (Å²) in [7, 11) is 0. The zero-order valence-electron chi connectivity index (χ0n) is 8.41. The highest BCUT2D eigenvalue weighted by Crippen LogP contribution is 2.22. The lowest BCUT2D eigenvalue weighted by Crippen LogP contribution is -1.93. The number of hydrogen-bond donors (Lipinski definition) is 1. The van der Waals surface area contributed by atoms with Crippen LogP contribution in [-0.2, 0) is 0 Å². The van der Waals surface area contributed by atoms with E-state index in [4.69, 9.17) is 11.6 Å². The van der Waals surface area contributed by atoms with Crippen molar-refractivity contribution in [1.29, 1.82) is 0 Å². The fraction of sp³-hybridized carbons (Fsp3) is 0.200. The molecule has 78 valence electrons. The van der Waals surface area contributed by atoms with Gasteiger partial charge in [0.25, 0.3) is 0 Å². The van der Waals surface area contributed by atoms with Gasteiger partial charge in [-0.1, -0.05) is 11.6 Å². The number of aromatic nitrogens is 2. The number of thiazole rings is 1. The quantitative estimate of drug-likeness (QED) is 0.871. The molecule has 1 N–H and O–H groups in total. The average Bonchev–Trinajstić information content (AvgIpc) is 2.58. The smallest absolute Gasteiger partial charge is 0.188 e. The van der Waals surface area contributed by atoms with Crippen LogP contribution in [0.25, 0.3) is 0 Å². The molecule has 0 amide bonds. The molecule has 5 heteroatoms. The third kappa shape index (κ3) is 2.46. The number of aryl methyl sites for hydroxylation is 2. The van der Waals surface area contributed by atoms with Crippen molar-refractivity contribution >= 4 is 33.9 Å². The van der Waals surface area contributed by atoms with Crippen LogP contribution in [0.1, 0.15) is 11.3 Å². The number of anilines is 2. The van der Waals surface area contributed by atoms with Crippen LogP contribution in [0.3, 0.4) is 0 Å². The van der Waals surface area contributed by atoms with Crippen molar-refractivity contribution in [2.24, 2.45) is 0 Å². The van der Waals surface area contributed by atoms with Gasteiger partial charge in [0.05, 0.1) is 10.7 Å². The lowest BCUT2D eigenvalue weighted by Gasteiger charge is -2.03. The van der Waals surface area contributed by atoms with E-state index in [2.05, 4.69) is 15.3 Å². The molecule has 0 radical (unpaired) electrons. The Bertz CT molecular complexity index is 481. The fourth-order valence-corrected chi connectivity index (χ4v) is 1.93. The number of nitrogens with zero attached hydrogens (tertiary/aromatic N) is 2. The molecule has 2 aromatic rings. The van der Waals surface area contributed by atoms with E-state index in [1.54, 1.807) is 17.5 Å². The Balaban J connectivity index is 2.21. The van der Waals surface area contributed by atoms with Crippen molar-refractivity contribution in [3.8, 4) is 0 Å². The Labute approximate surface area is 97.2 Å². The van der Waals surface area contributed by atoms with Gasteiger partial charge in [0.1, 0.15) is 5.82 Å². The minimum atomic E-state index is 0.677. The van der Waals surface area contributed by atoms with Crippen LogP contribution in [0.2, 0.25) is 5.02 Å². The Morgan fingerprint density at radius 3 is 2.80 bits per heavy atom.